The Balaban J connectivity index is 2.23. The van der Waals surface area contributed by atoms with Gasteiger partial charge in [0.25, 0.3) is 0 Å². The highest BCUT2D eigenvalue weighted by Crippen LogP contribution is 2.19. The van der Waals surface area contributed by atoms with Gasteiger partial charge in [0.15, 0.2) is 0 Å². The molecule has 0 aromatic carbocycles. The van der Waals surface area contributed by atoms with E-state index < -0.39 is 16.1 Å². The van der Waals surface area contributed by atoms with Gasteiger partial charge in [-0.1, -0.05) is 13.8 Å². The van der Waals surface area contributed by atoms with Crippen LogP contribution >= 0.6 is 0 Å². The first-order valence-electron chi connectivity index (χ1n) is 8.12. The van der Waals surface area contributed by atoms with Gasteiger partial charge in [-0.3, -0.25) is 9.89 Å². The van der Waals surface area contributed by atoms with Crippen LogP contribution in [0, 0.1) is 19.8 Å². The van der Waals surface area contributed by atoms with E-state index in [1.807, 2.05) is 13.8 Å². The van der Waals surface area contributed by atoms with E-state index in [0.29, 0.717) is 44.1 Å². The molecule has 1 saturated heterocycles. The van der Waals surface area contributed by atoms with Gasteiger partial charge >= 0.3 is 0 Å². The number of morpholine rings is 1. The summed E-state index contributed by atoms with van der Waals surface area (Å²) < 4.78 is 33.3. The van der Waals surface area contributed by atoms with Crippen LogP contribution in [-0.2, 0) is 19.6 Å². The molecule has 9 heteroatoms. The third-order valence-corrected chi connectivity index (χ3v) is 5.69. The van der Waals surface area contributed by atoms with Crippen LogP contribution in [0.5, 0.6) is 0 Å². The summed E-state index contributed by atoms with van der Waals surface area (Å²) in [4.78, 5) is 14.5. The third kappa shape index (κ3) is 4.34. The lowest BCUT2D eigenvalue weighted by molar-refractivity contribution is -0.137. The van der Waals surface area contributed by atoms with Crippen LogP contribution in [0.3, 0.4) is 0 Å². The number of nitrogens with zero attached hydrogens (tertiary/aromatic N) is 2. The number of ether oxygens (including phenoxy) is 1. The van der Waals surface area contributed by atoms with Gasteiger partial charge in [-0.15, -0.1) is 0 Å². The fourth-order valence-corrected chi connectivity index (χ4v) is 4.43. The summed E-state index contributed by atoms with van der Waals surface area (Å²) in [6.45, 7) is 9.12. The minimum absolute atomic E-state index is 0.117. The molecule has 1 aliphatic rings. The quantitative estimate of drug-likeness (QED) is 0.774. The molecule has 0 saturated carbocycles. The molecule has 2 N–H and O–H groups in total. The Morgan fingerprint density at radius 3 is 2.46 bits per heavy atom. The summed E-state index contributed by atoms with van der Waals surface area (Å²) in [6.07, 6.45) is 0.436. The second-order valence-corrected chi connectivity index (χ2v) is 8.16. The zero-order valence-corrected chi connectivity index (χ0v) is 15.4. The van der Waals surface area contributed by atoms with Gasteiger partial charge in [0.1, 0.15) is 10.9 Å². The highest BCUT2D eigenvalue weighted by molar-refractivity contribution is 7.89. The Labute approximate surface area is 143 Å². The van der Waals surface area contributed by atoms with Gasteiger partial charge in [-0.2, -0.15) is 9.82 Å². The van der Waals surface area contributed by atoms with Crippen LogP contribution in [0.15, 0.2) is 4.90 Å². The van der Waals surface area contributed by atoms with Crippen molar-refractivity contribution in [2.45, 2.75) is 45.1 Å². The summed E-state index contributed by atoms with van der Waals surface area (Å²) >= 11 is 0. The fourth-order valence-electron chi connectivity index (χ4n) is 2.86. The van der Waals surface area contributed by atoms with Crippen LogP contribution < -0.4 is 4.72 Å². The second-order valence-electron chi connectivity index (χ2n) is 6.50. The zero-order chi connectivity index (χ0) is 17.9. The number of aryl methyl sites for hydroxylation is 2. The lowest BCUT2D eigenvalue weighted by Gasteiger charge is -2.31. The Bertz CT molecular complexity index is 658. The van der Waals surface area contributed by atoms with Crippen molar-refractivity contribution in [1.82, 2.24) is 19.8 Å². The predicted molar refractivity (Wildman–Crippen MR) is 89.0 cm³/mol. The maximum absolute atomic E-state index is 12.8. The molecule has 0 bridgehead atoms. The molecule has 1 amide bonds. The number of sulfonamides is 1. The number of carbonyl (C=O) groups excluding carboxylic acids is 1. The Morgan fingerprint density at radius 2 is 1.96 bits per heavy atom. The molecular weight excluding hydrogens is 332 g/mol. The number of nitrogens with one attached hydrogen (secondary N) is 2. The molecule has 2 rings (SSSR count). The molecule has 1 atom stereocenters. The van der Waals surface area contributed by atoms with Crippen molar-refractivity contribution in [2.75, 3.05) is 26.3 Å². The van der Waals surface area contributed by atoms with E-state index >= 15 is 0 Å². The number of hydrogen-bond donors (Lipinski definition) is 2. The molecule has 1 fully saturated rings. The lowest BCUT2D eigenvalue weighted by atomic mass is 10.0. The molecule has 1 aliphatic heterocycles. The number of aromatic nitrogens is 2. The van der Waals surface area contributed by atoms with E-state index in [9.17, 15) is 13.2 Å². The molecule has 0 unspecified atom stereocenters. The highest BCUT2D eigenvalue weighted by Gasteiger charge is 2.32. The van der Waals surface area contributed by atoms with E-state index in [-0.39, 0.29) is 16.7 Å². The summed E-state index contributed by atoms with van der Waals surface area (Å²) in [5, 5.41) is 6.60. The van der Waals surface area contributed by atoms with Crippen molar-refractivity contribution in [3.8, 4) is 0 Å². The Hall–Kier alpha value is -1.45. The highest BCUT2D eigenvalue weighted by atomic mass is 32.2. The summed E-state index contributed by atoms with van der Waals surface area (Å²) in [5.41, 5.74) is 0.851. The first-order valence-corrected chi connectivity index (χ1v) is 9.61. The van der Waals surface area contributed by atoms with Crippen molar-refractivity contribution >= 4 is 15.9 Å². The average molecular weight is 358 g/mol. The predicted octanol–water partition coefficient (Wildman–Crippen LogP) is 0.578. The number of rotatable bonds is 6. The van der Waals surface area contributed by atoms with E-state index in [0.717, 1.165) is 0 Å². The minimum Gasteiger partial charge on any atom is -0.378 e. The summed E-state index contributed by atoms with van der Waals surface area (Å²) in [6, 6.07) is -0.790. The van der Waals surface area contributed by atoms with Crippen LogP contribution in [0.2, 0.25) is 0 Å². The largest absolute Gasteiger partial charge is 0.378 e. The van der Waals surface area contributed by atoms with E-state index in [2.05, 4.69) is 14.9 Å². The van der Waals surface area contributed by atoms with Crippen molar-refractivity contribution in [1.29, 1.82) is 0 Å². The van der Waals surface area contributed by atoms with Crippen LogP contribution in [0.4, 0.5) is 0 Å². The minimum atomic E-state index is -3.83. The fraction of sp³-hybridized carbons (Fsp3) is 0.733. The van der Waals surface area contributed by atoms with E-state index in [4.69, 9.17) is 4.74 Å². The Morgan fingerprint density at radius 1 is 1.33 bits per heavy atom. The van der Waals surface area contributed by atoms with Crippen LogP contribution in [-0.4, -0.2) is 61.8 Å². The maximum Gasteiger partial charge on any atom is 0.244 e. The topological polar surface area (TPSA) is 104 Å². The molecule has 0 aliphatic carbocycles. The molecular formula is C15H26N4O4S. The number of hydrogen-bond acceptors (Lipinski definition) is 5. The molecule has 0 spiro atoms. The van der Waals surface area contributed by atoms with E-state index in [1.165, 1.54) is 0 Å². The monoisotopic (exact) mass is 358 g/mol. The number of carbonyl (C=O) groups is 1. The standard InChI is InChI=1S/C15H26N4O4S/c1-10(2)9-13(15(20)19-5-7-23-8-6-19)18-24(21,22)14-11(3)16-17-12(14)4/h10,13,18H,5-9H2,1-4H3,(H,16,17)/t13-/m0/s1. The summed E-state index contributed by atoms with van der Waals surface area (Å²) in [7, 11) is -3.83. The molecule has 2 heterocycles. The zero-order valence-electron chi connectivity index (χ0n) is 14.6. The molecule has 1 aromatic rings. The number of amides is 1. The molecule has 8 nitrogen and oxygen atoms in total. The number of aromatic amines is 1. The second kappa shape index (κ2) is 7.62. The van der Waals surface area contributed by atoms with Crippen molar-refractivity contribution in [3.63, 3.8) is 0 Å². The van der Waals surface area contributed by atoms with Gasteiger partial charge < -0.3 is 9.64 Å². The van der Waals surface area contributed by atoms with Gasteiger partial charge in [0.2, 0.25) is 15.9 Å². The SMILES string of the molecule is Cc1n[nH]c(C)c1S(=O)(=O)N[C@@H](CC(C)C)C(=O)N1CCOCC1. The molecule has 136 valence electrons. The number of H-pyrrole nitrogens is 1. The van der Waals surface area contributed by atoms with Gasteiger partial charge in [0.05, 0.1) is 24.6 Å². The van der Waals surface area contributed by atoms with Crippen LogP contribution in [0.25, 0.3) is 0 Å². The van der Waals surface area contributed by atoms with Crippen molar-refractivity contribution in [2.24, 2.45) is 5.92 Å². The van der Waals surface area contributed by atoms with E-state index in [1.54, 1.807) is 18.7 Å². The van der Waals surface area contributed by atoms with Crippen molar-refractivity contribution < 1.29 is 17.9 Å². The average Bonchev–Trinajstić information content (AvgIpc) is 2.85. The van der Waals surface area contributed by atoms with Crippen LogP contribution in [0.1, 0.15) is 31.7 Å². The first kappa shape index (κ1) is 18.9. The molecule has 0 radical (unpaired) electrons. The Kier molecular flexibility index (Phi) is 6.00. The van der Waals surface area contributed by atoms with Crippen molar-refractivity contribution in [3.05, 3.63) is 11.4 Å². The third-order valence-electron chi connectivity index (χ3n) is 3.95. The molecule has 24 heavy (non-hydrogen) atoms. The lowest BCUT2D eigenvalue weighted by Crippen LogP contribution is -2.52. The van der Waals surface area contributed by atoms with Gasteiger partial charge in [0, 0.05) is 13.1 Å². The van der Waals surface area contributed by atoms with Gasteiger partial charge in [-0.05, 0) is 26.2 Å². The first-order chi connectivity index (χ1) is 11.2. The smallest absolute Gasteiger partial charge is 0.244 e. The summed E-state index contributed by atoms with van der Waals surface area (Å²) in [5.74, 6) is -0.0244. The van der Waals surface area contributed by atoms with Gasteiger partial charge in [-0.25, -0.2) is 8.42 Å². The normalized spacial score (nSPS) is 17.3. The molecule has 1 aromatic heterocycles. The maximum atomic E-state index is 12.8.